The van der Waals surface area contributed by atoms with Gasteiger partial charge in [-0.15, -0.1) is 10.2 Å². The Balaban J connectivity index is 1.53. The molecule has 2 atom stereocenters. The van der Waals surface area contributed by atoms with Crippen molar-refractivity contribution in [3.8, 4) is 11.3 Å². The summed E-state index contributed by atoms with van der Waals surface area (Å²) in [5.74, 6) is 0.895. The van der Waals surface area contributed by atoms with E-state index in [1.807, 2.05) is 43.4 Å². The van der Waals surface area contributed by atoms with Gasteiger partial charge in [0.25, 0.3) is 5.91 Å². The summed E-state index contributed by atoms with van der Waals surface area (Å²) in [5.41, 5.74) is 3.10. The van der Waals surface area contributed by atoms with Crippen molar-refractivity contribution in [1.82, 2.24) is 15.1 Å². The minimum atomic E-state index is 0.157. The summed E-state index contributed by atoms with van der Waals surface area (Å²) in [4.78, 5) is 15.3. The highest BCUT2D eigenvalue weighted by Gasteiger charge is 2.50. The van der Waals surface area contributed by atoms with Crippen LogP contribution in [-0.4, -0.2) is 40.6 Å². The first kappa shape index (κ1) is 18.0. The lowest BCUT2D eigenvalue weighted by Gasteiger charge is -2.39. The molecule has 1 aliphatic carbocycles. The Labute approximate surface area is 161 Å². The minimum Gasteiger partial charge on any atom is -0.372 e. The van der Waals surface area contributed by atoms with Crippen LogP contribution in [0.1, 0.15) is 50.4 Å². The molecule has 1 aliphatic heterocycles. The van der Waals surface area contributed by atoms with Gasteiger partial charge in [0.2, 0.25) is 0 Å². The molecule has 1 saturated carbocycles. The van der Waals surface area contributed by atoms with Gasteiger partial charge >= 0.3 is 0 Å². The van der Waals surface area contributed by atoms with Crippen LogP contribution < -0.4 is 5.32 Å². The van der Waals surface area contributed by atoms with Crippen LogP contribution in [0, 0.1) is 10.8 Å². The number of hydrogen-bond acceptors (Lipinski definition) is 4. The van der Waals surface area contributed by atoms with E-state index in [0.717, 1.165) is 42.0 Å². The Morgan fingerprint density at radius 1 is 1.07 bits per heavy atom. The molecule has 2 heterocycles. The maximum atomic E-state index is 13.2. The number of amides is 1. The van der Waals surface area contributed by atoms with Crippen LogP contribution in [0.4, 0.5) is 5.82 Å². The highest BCUT2D eigenvalue weighted by molar-refractivity contribution is 5.95. The van der Waals surface area contributed by atoms with Crippen LogP contribution >= 0.6 is 0 Å². The maximum Gasteiger partial charge on any atom is 0.254 e. The summed E-state index contributed by atoms with van der Waals surface area (Å²) in [5, 5.41) is 11.3. The molecule has 0 unspecified atom stereocenters. The Morgan fingerprint density at radius 2 is 1.81 bits per heavy atom. The quantitative estimate of drug-likeness (QED) is 0.886. The van der Waals surface area contributed by atoms with E-state index in [1.165, 1.54) is 6.42 Å². The fourth-order valence-corrected chi connectivity index (χ4v) is 5.27. The summed E-state index contributed by atoms with van der Waals surface area (Å²) in [6.45, 7) is 7.88. The number of hydrogen-bond donors (Lipinski definition) is 1. The first-order valence-corrected chi connectivity index (χ1v) is 9.72. The Bertz CT molecular complexity index is 844. The number of carbonyl (C=O) groups excluding carboxylic acids is 1. The summed E-state index contributed by atoms with van der Waals surface area (Å²) >= 11 is 0. The fraction of sp³-hybridized carbons (Fsp3) is 0.500. The third kappa shape index (κ3) is 3.43. The average molecular weight is 364 g/mol. The van der Waals surface area contributed by atoms with Gasteiger partial charge in [-0.2, -0.15) is 0 Å². The molecule has 142 valence electrons. The number of nitrogens with zero attached hydrogens (tertiary/aromatic N) is 3. The zero-order valence-corrected chi connectivity index (χ0v) is 16.6. The van der Waals surface area contributed by atoms with E-state index in [9.17, 15) is 4.79 Å². The van der Waals surface area contributed by atoms with Crippen LogP contribution in [0.5, 0.6) is 0 Å². The van der Waals surface area contributed by atoms with Crippen molar-refractivity contribution >= 4 is 11.7 Å². The van der Waals surface area contributed by atoms with Gasteiger partial charge in [0, 0.05) is 30.8 Å². The summed E-state index contributed by atoms with van der Waals surface area (Å²) < 4.78 is 0. The van der Waals surface area contributed by atoms with Crippen molar-refractivity contribution in [2.45, 2.75) is 46.1 Å². The molecule has 4 rings (SSSR count). The molecule has 0 radical (unpaired) electrons. The fourth-order valence-electron chi connectivity index (χ4n) is 5.27. The van der Waals surface area contributed by atoms with E-state index in [2.05, 4.69) is 41.2 Å². The number of anilines is 1. The van der Waals surface area contributed by atoms with Gasteiger partial charge in [-0.25, -0.2) is 0 Å². The molecule has 1 N–H and O–H groups in total. The van der Waals surface area contributed by atoms with E-state index in [1.54, 1.807) is 0 Å². The van der Waals surface area contributed by atoms with Gasteiger partial charge in [-0.05, 0) is 54.4 Å². The standard InChI is InChI=1S/C22H28N4O/c1-21(2)11-17-12-22(3,13-21)14-26(17)20(27)16-7-5-15(6-8-16)18-9-10-19(23-4)25-24-18/h5-10,17H,11-14H2,1-4H3,(H,23,25)/t17-,22-/m1/s1. The molecule has 2 aliphatic rings. The molecule has 2 fully saturated rings. The lowest BCUT2D eigenvalue weighted by molar-refractivity contribution is 0.0708. The van der Waals surface area contributed by atoms with Crippen LogP contribution in [0.25, 0.3) is 11.3 Å². The summed E-state index contributed by atoms with van der Waals surface area (Å²) in [7, 11) is 1.82. The molecule has 1 aromatic carbocycles. The minimum absolute atomic E-state index is 0.157. The molecule has 27 heavy (non-hydrogen) atoms. The van der Waals surface area contributed by atoms with Gasteiger partial charge in [0.15, 0.2) is 0 Å². The third-order valence-corrected chi connectivity index (χ3v) is 6.02. The molecule has 0 spiro atoms. The predicted octanol–water partition coefficient (Wildman–Crippen LogP) is 4.23. The number of likely N-dealkylation sites (tertiary alicyclic amines) is 1. The zero-order valence-electron chi connectivity index (χ0n) is 16.6. The second kappa shape index (κ2) is 6.32. The van der Waals surface area contributed by atoms with Crippen LogP contribution in [0.3, 0.4) is 0 Å². The predicted molar refractivity (Wildman–Crippen MR) is 108 cm³/mol. The van der Waals surface area contributed by atoms with Gasteiger partial charge in [-0.3, -0.25) is 4.79 Å². The van der Waals surface area contributed by atoms with Crippen molar-refractivity contribution in [3.63, 3.8) is 0 Å². The van der Waals surface area contributed by atoms with E-state index in [4.69, 9.17) is 0 Å². The van der Waals surface area contributed by atoms with Crippen LogP contribution in [0.15, 0.2) is 36.4 Å². The first-order chi connectivity index (χ1) is 12.8. The lowest BCUT2D eigenvalue weighted by atomic mass is 9.65. The van der Waals surface area contributed by atoms with E-state index < -0.39 is 0 Å². The molecule has 2 aromatic rings. The second-order valence-corrected chi connectivity index (χ2v) is 9.28. The number of nitrogens with one attached hydrogen (secondary N) is 1. The Hall–Kier alpha value is -2.43. The average Bonchev–Trinajstić information content (AvgIpc) is 2.90. The molecule has 2 bridgehead atoms. The van der Waals surface area contributed by atoms with Crippen LogP contribution in [0.2, 0.25) is 0 Å². The van der Waals surface area contributed by atoms with Crippen molar-refractivity contribution in [2.24, 2.45) is 10.8 Å². The molecular weight excluding hydrogens is 336 g/mol. The molecule has 1 saturated heterocycles. The summed E-state index contributed by atoms with van der Waals surface area (Å²) in [6.07, 6.45) is 3.42. The molecule has 1 aromatic heterocycles. The number of carbonyl (C=O) groups is 1. The van der Waals surface area contributed by atoms with Crippen molar-refractivity contribution in [1.29, 1.82) is 0 Å². The molecular formula is C22H28N4O. The maximum absolute atomic E-state index is 13.2. The smallest absolute Gasteiger partial charge is 0.254 e. The highest BCUT2D eigenvalue weighted by atomic mass is 16.2. The lowest BCUT2D eigenvalue weighted by Crippen LogP contribution is -2.37. The van der Waals surface area contributed by atoms with Crippen molar-refractivity contribution in [2.75, 3.05) is 18.9 Å². The molecule has 1 amide bonds. The number of fused-ring (bicyclic) bond motifs is 2. The van der Waals surface area contributed by atoms with Gasteiger partial charge in [0.05, 0.1) is 5.69 Å². The number of aromatic nitrogens is 2. The first-order valence-electron chi connectivity index (χ1n) is 9.72. The Morgan fingerprint density at radius 3 is 2.44 bits per heavy atom. The molecule has 5 nitrogen and oxygen atoms in total. The normalized spacial score (nSPS) is 26.1. The monoisotopic (exact) mass is 364 g/mol. The topological polar surface area (TPSA) is 58.1 Å². The summed E-state index contributed by atoms with van der Waals surface area (Å²) in [6, 6.07) is 12.0. The number of benzene rings is 1. The zero-order chi connectivity index (χ0) is 19.2. The van der Waals surface area contributed by atoms with Crippen LogP contribution in [-0.2, 0) is 0 Å². The SMILES string of the molecule is CNc1ccc(-c2ccc(C(=O)N3C[C@]4(C)C[C@H]3CC(C)(C)C4)cc2)nn1. The van der Waals surface area contributed by atoms with E-state index >= 15 is 0 Å². The van der Waals surface area contributed by atoms with Crippen molar-refractivity contribution < 1.29 is 4.79 Å². The second-order valence-electron chi connectivity index (χ2n) is 9.28. The van der Waals surface area contributed by atoms with Gasteiger partial charge in [0.1, 0.15) is 5.82 Å². The van der Waals surface area contributed by atoms with Gasteiger partial charge in [-0.1, -0.05) is 32.9 Å². The largest absolute Gasteiger partial charge is 0.372 e. The molecule has 5 heteroatoms. The van der Waals surface area contributed by atoms with Gasteiger partial charge < -0.3 is 10.2 Å². The Kier molecular flexibility index (Phi) is 4.21. The highest BCUT2D eigenvalue weighted by Crippen LogP contribution is 2.52. The van der Waals surface area contributed by atoms with E-state index in [-0.39, 0.29) is 11.3 Å². The number of rotatable bonds is 3. The van der Waals surface area contributed by atoms with E-state index in [0.29, 0.717) is 11.5 Å². The van der Waals surface area contributed by atoms with Crippen molar-refractivity contribution in [3.05, 3.63) is 42.0 Å². The third-order valence-electron chi connectivity index (χ3n) is 6.02.